The van der Waals surface area contributed by atoms with E-state index in [1.54, 1.807) is 6.26 Å². The first-order valence-corrected chi connectivity index (χ1v) is 4.31. The van der Waals surface area contributed by atoms with Crippen molar-refractivity contribution in [1.82, 2.24) is 0 Å². The molecular weight excluding hydrogens is 133 g/mol. The molecule has 1 aromatic rings. The lowest BCUT2D eigenvalue weighted by atomic mass is 10.5. The third-order valence-corrected chi connectivity index (χ3v) is 2.00. The van der Waals surface area contributed by atoms with Crippen molar-refractivity contribution in [2.45, 2.75) is 0 Å². The van der Waals surface area contributed by atoms with Crippen LogP contribution in [-0.2, 0) is 0 Å². The fourth-order valence-electron chi connectivity index (χ4n) is 0.700. The lowest BCUT2D eigenvalue weighted by Gasteiger charge is -1.95. The first-order chi connectivity index (χ1) is 4.38. The van der Waals surface area contributed by atoms with Gasteiger partial charge in [0.2, 0.25) is 0 Å². The molecular formula is C6H10NOP. The van der Waals surface area contributed by atoms with E-state index in [9.17, 15) is 0 Å². The highest BCUT2D eigenvalue weighted by Gasteiger charge is 1.98. The van der Waals surface area contributed by atoms with Gasteiger partial charge < -0.3 is 9.73 Å². The summed E-state index contributed by atoms with van der Waals surface area (Å²) >= 11 is 0. The van der Waals surface area contributed by atoms with Gasteiger partial charge in [0.25, 0.3) is 0 Å². The molecule has 1 rings (SSSR count). The van der Waals surface area contributed by atoms with Gasteiger partial charge in [-0.05, 0) is 6.66 Å². The molecule has 50 valence electrons. The van der Waals surface area contributed by atoms with Gasteiger partial charge in [-0.2, -0.15) is 0 Å². The van der Waals surface area contributed by atoms with Gasteiger partial charge in [-0.1, -0.05) is 8.58 Å². The average Bonchev–Trinajstić information content (AvgIpc) is 2.33. The molecule has 2 nitrogen and oxygen atoms in total. The van der Waals surface area contributed by atoms with E-state index in [-0.39, 0.29) is 0 Å². The van der Waals surface area contributed by atoms with Crippen LogP contribution in [0.1, 0.15) is 0 Å². The minimum atomic E-state index is 0.731. The Hall–Kier alpha value is -0.490. The van der Waals surface area contributed by atoms with Crippen molar-refractivity contribution in [3.05, 3.63) is 12.3 Å². The maximum Gasteiger partial charge on any atom is 0.144 e. The van der Waals surface area contributed by atoms with Crippen molar-refractivity contribution in [2.75, 3.05) is 19.0 Å². The monoisotopic (exact) mass is 143 g/mol. The Morgan fingerprint density at radius 1 is 1.67 bits per heavy atom. The van der Waals surface area contributed by atoms with E-state index in [2.05, 4.69) is 12.0 Å². The molecule has 0 spiro atoms. The number of hydrogen-bond donors (Lipinski definition) is 1. The zero-order valence-corrected chi connectivity index (χ0v) is 6.56. The third kappa shape index (κ3) is 1.25. The second-order valence-electron chi connectivity index (χ2n) is 1.66. The quantitative estimate of drug-likeness (QED) is 0.630. The Morgan fingerprint density at radius 2 is 2.44 bits per heavy atom. The molecule has 0 radical (unpaired) electrons. The molecule has 0 aliphatic heterocycles. The van der Waals surface area contributed by atoms with Crippen molar-refractivity contribution >= 4 is 19.8 Å². The van der Waals surface area contributed by atoms with E-state index in [1.807, 2.05) is 13.1 Å². The summed E-state index contributed by atoms with van der Waals surface area (Å²) in [5, 5.41) is 3.04. The van der Waals surface area contributed by atoms with E-state index in [4.69, 9.17) is 4.42 Å². The van der Waals surface area contributed by atoms with E-state index in [1.165, 1.54) is 0 Å². The SMILES string of the molecule is CNc1ccoc1PC. The Bertz CT molecular complexity index is 166. The summed E-state index contributed by atoms with van der Waals surface area (Å²) in [6.07, 6.45) is 1.71. The topological polar surface area (TPSA) is 25.2 Å². The molecule has 0 aliphatic rings. The van der Waals surface area contributed by atoms with Crippen molar-refractivity contribution in [3.63, 3.8) is 0 Å². The molecule has 0 amide bonds. The standard InChI is InChI=1S/C6H10NOP/c1-7-5-3-4-8-6(5)9-2/h3-4,7,9H,1-2H3. The van der Waals surface area contributed by atoms with Crippen LogP contribution in [0.25, 0.3) is 0 Å². The maximum atomic E-state index is 5.15. The second-order valence-corrected chi connectivity index (χ2v) is 2.62. The third-order valence-electron chi connectivity index (χ3n) is 1.16. The zero-order valence-electron chi connectivity index (χ0n) is 5.56. The van der Waals surface area contributed by atoms with Crippen LogP contribution in [0.4, 0.5) is 5.69 Å². The summed E-state index contributed by atoms with van der Waals surface area (Å²) < 4.78 is 5.15. The highest BCUT2D eigenvalue weighted by Crippen LogP contribution is 2.13. The first-order valence-electron chi connectivity index (χ1n) is 2.81. The lowest BCUT2D eigenvalue weighted by Crippen LogP contribution is -1.97. The van der Waals surface area contributed by atoms with Crippen LogP contribution >= 0.6 is 8.58 Å². The Balaban J connectivity index is 2.85. The van der Waals surface area contributed by atoms with Crippen LogP contribution in [0.2, 0.25) is 0 Å². The number of rotatable bonds is 2. The fourth-order valence-corrected chi connectivity index (χ4v) is 1.36. The summed E-state index contributed by atoms with van der Waals surface area (Å²) in [7, 11) is 2.63. The van der Waals surface area contributed by atoms with Crippen LogP contribution in [0.15, 0.2) is 16.7 Å². The molecule has 0 aliphatic carbocycles. The Labute approximate surface area is 56.4 Å². The number of hydrogen-bond acceptors (Lipinski definition) is 2. The number of furan rings is 1. The fraction of sp³-hybridized carbons (Fsp3) is 0.333. The molecule has 0 saturated carbocycles. The summed E-state index contributed by atoms with van der Waals surface area (Å²) in [6.45, 7) is 2.10. The molecule has 1 heterocycles. The smallest absolute Gasteiger partial charge is 0.144 e. The summed E-state index contributed by atoms with van der Waals surface area (Å²) in [5.41, 5.74) is 2.16. The molecule has 1 aromatic heterocycles. The van der Waals surface area contributed by atoms with Gasteiger partial charge >= 0.3 is 0 Å². The average molecular weight is 143 g/mol. The minimum absolute atomic E-state index is 0.731. The van der Waals surface area contributed by atoms with Gasteiger partial charge in [0, 0.05) is 13.1 Å². The van der Waals surface area contributed by atoms with Crippen LogP contribution in [0.3, 0.4) is 0 Å². The van der Waals surface area contributed by atoms with Gasteiger partial charge in [-0.15, -0.1) is 0 Å². The summed E-state index contributed by atoms with van der Waals surface area (Å²) in [5.74, 6) is 0. The largest absolute Gasteiger partial charge is 0.463 e. The van der Waals surface area contributed by atoms with Crippen molar-refractivity contribution in [2.24, 2.45) is 0 Å². The summed E-state index contributed by atoms with van der Waals surface area (Å²) in [4.78, 5) is 0. The van der Waals surface area contributed by atoms with Crippen LogP contribution in [-0.4, -0.2) is 13.7 Å². The molecule has 1 N–H and O–H groups in total. The molecule has 1 atom stereocenters. The first kappa shape index (κ1) is 6.63. The van der Waals surface area contributed by atoms with Crippen LogP contribution in [0, 0.1) is 0 Å². The van der Waals surface area contributed by atoms with E-state index in [0.29, 0.717) is 0 Å². The Morgan fingerprint density at radius 3 is 2.89 bits per heavy atom. The van der Waals surface area contributed by atoms with Gasteiger partial charge in [-0.3, -0.25) is 0 Å². The zero-order chi connectivity index (χ0) is 6.69. The Kier molecular flexibility index (Phi) is 2.12. The van der Waals surface area contributed by atoms with Gasteiger partial charge in [0.05, 0.1) is 12.0 Å². The van der Waals surface area contributed by atoms with E-state index < -0.39 is 0 Å². The molecule has 0 bridgehead atoms. The summed E-state index contributed by atoms with van der Waals surface area (Å²) in [6, 6.07) is 1.94. The molecule has 0 fully saturated rings. The number of nitrogens with one attached hydrogen (secondary N) is 1. The highest BCUT2D eigenvalue weighted by molar-refractivity contribution is 7.46. The minimum Gasteiger partial charge on any atom is -0.463 e. The molecule has 0 saturated heterocycles. The maximum absolute atomic E-state index is 5.15. The number of anilines is 1. The second kappa shape index (κ2) is 2.88. The highest BCUT2D eigenvalue weighted by atomic mass is 31.1. The van der Waals surface area contributed by atoms with Gasteiger partial charge in [-0.25, -0.2) is 0 Å². The molecule has 0 aromatic carbocycles. The van der Waals surface area contributed by atoms with Gasteiger partial charge in [0.15, 0.2) is 0 Å². The predicted molar refractivity (Wildman–Crippen MR) is 42.1 cm³/mol. The van der Waals surface area contributed by atoms with E-state index in [0.717, 1.165) is 19.8 Å². The normalized spacial score (nSPS) is 10.9. The lowest BCUT2D eigenvalue weighted by molar-refractivity contribution is 0.604. The molecule has 3 heteroatoms. The van der Waals surface area contributed by atoms with E-state index >= 15 is 0 Å². The van der Waals surface area contributed by atoms with Crippen LogP contribution < -0.4 is 10.8 Å². The van der Waals surface area contributed by atoms with Crippen LogP contribution in [0.5, 0.6) is 0 Å². The predicted octanol–water partition coefficient (Wildman–Crippen LogP) is 1.25. The molecule has 9 heavy (non-hydrogen) atoms. The van der Waals surface area contributed by atoms with Crippen molar-refractivity contribution < 1.29 is 4.42 Å². The molecule has 1 unspecified atom stereocenters. The van der Waals surface area contributed by atoms with Crippen molar-refractivity contribution in [1.29, 1.82) is 0 Å². The van der Waals surface area contributed by atoms with Crippen molar-refractivity contribution in [3.8, 4) is 0 Å². The van der Waals surface area contributed by atoms with Gasteiger partial charge in [0.1, 0.15) is 5.50 Å².